The zero-order chi connectivity index (χ0) is 15.5. The van der Waals surface area contributed by atoms with Crippen LogP contribution in [-0.4, -0.2) is 54.7 Å². The fourth-order valence-corrected chi connectivity index (χ4v) is 3.32. The summed E-state index contributed by atoms with van der Waals surface area (Å²) >= 11 is 1.90. The van der Waals surface area contributed by atoms with E-state index in [1.165, 1.54) is 17.9 Å². The van der Waals surface area contributed by atoms with E-state index in [9.17, 15) is 5.11 Å². The first kappa shape index (κ1) is 15.6. The second kappa shape index (κ2) is 6.85. The lowest BCUT2D eigenvalue weighted by molar-refractivity contribution is 0.199. The zero-order valence-corrected chi connectivity index (χ0v) is 14.0. The van der Waals surface area contributed by atoms with Crippen LogP contribution in [0.3, 0.4) is 0 Å². The van der Waals surface area contributed by atoms with Crippen LogP contribution in [0.5, 0.6) is 0 Å². The molecule has 120 valence electrons. The Morgan fingerprint density at radius 1 is 1.41 bits per heavy atom. The molecule has 7 heteroatoms. The first-order valence-electron chi connectivity index (χ1n) is 7.63. The largest absolute Gasteiger partial charge is 0.380 e. The maximum atomic E-state index is 10.5. The number of aliphatic hydroxyl groups is 1. The van der Waals surface area contributed by atoms with Gasteiger partial charge in [-0.05, 0) is 37.1 Å². The minimum absolute atomic E-state index is 0.712. The Kier molecular flexibility index (Phi) is 4.85. The molecular formula is C15H23N5OS. The van der Waals surface area contributed by atoms with Crippen LogP contribution < -0.4 is 0 Å². The third-order valence-corrected chi connectivity index (χ3v) is 4.83. The number of aliphatic hydroxyl groups excluding tert-OH is 1. The van der Waals surface area contributed by atoms with Crippen molar-refractivity contribution in [1.82, 2.24) is 24.5 Å². The molecule has 0 aromatic carbocycles. The topological polar surface area (TPSA) is 59.1 Å². The van der Waals surface area contributed by atoms with Crippen molar-refractivity contribution in [3.05, 3.63) is 35.4 Å². The summed E-state index contributed by atoms with van der Waals surface area (Å²) in [5.41, 5.74) is 2.67. The fourth-order valence-electron chi connectivity index (χ4n) is 2.90. The Balaban J connectivity index is 1.69. The highest BCUT2D eigenvalue weighted by Crippen LogP contribution is 2.23. The molecule has 0 saturated carbocycles. The molecule has 1 N–H and O–H groups in total. The van der Waals surface area contributed by atoms with Crippen LogP contribution >= 0.6 is 11.8 Å². The van der Waals surface area contributed by atoms with Crippen LogP contribution in [0, 0.1) is 0 Å². The van der Waals surface area contributed by atoms with Crippen LogP contribution in [0.25, 0.3) is 0 Å². The van der Waals surface area contributed by atoms with Crippen molar-refractivity contribution < 1.29 is 5.11 Å². The van der Waals surface area contributed by atoms with Crippen LogP contribution in [-0.2, 0) is 20.1 Å². The normalized spacial score (nSPS) is 16.7. The van der Waals surface area contributed by atoms with E-state index in [0.717, 1.165) is 31.9 Å². The molecule has 0 spiro atoms. The lowest BCUT2D eigenvalue weighted by Gasteiger charge is -2.27. The van der Waals surface area contributed by atoms with E-state index in [0.29, 0.717) is 5.69 Å². The van der Waals surface area contributed by atoms with Crippen molar-refractivity contribution >= 4 is 11.8 Å². The molecule has 0 bridgehead atoms. The SMILES string of the molecule is CSCCCN1CCn2nc(C(O)c3ccnn3C)cc2C1. The smallest absolute Gasteiger partial charge is 0.139 e. The van der Waals surface area contributed by atoms with E-state index in [-0.39, 0.29) is 0 Å². The predicted octanol–water partition coefficient (Wildman–Crippen LogP) is 1.27. The Morgan fingerprint density at radius 2 is 2.27 bits per heavy atom. The summed E-state index contributed by atoms with van der Waals surface area (Å²) in [6.07, 6.45) is 4.36. The van der Waals surface area contributed by atoms with E-state index >= 15 is 0 Å². The van der Waals surface area contributed by atoms with E-state index in [2.05, 4.69) is 21.4 Å². The van der Waals surface area contributed by atoms with Gasteiger partial charge < -0.3 is 5.11 Å². The standard InChI is InChI=1S/C15H23N5OS/c1-18-14(4-5-16-18)15(21)13-10-12-11-19(6-3-9-22-2)7-8-20(12)17-13/h4-5,10,15,21H,3,6-9,11H2,1-2H3. The summed E-state index contributed by atoms with van der Waals surface area (Å²) < 4.78 is 3.72. The van der Waals surface area contributed by atoms with Gasteiger partial charge in [-0.15, -0.1) is 0 Å². The van der Waals surface area contributed by atoms with Gasteiger partial charge in [-0.1, -0.05) is 0 Å². The van der Waals surface area contributed by atoms with Crippen molar-refractivity contribution in [2.75, 3.05) is 25.1 Å². The highest BCUT2D eigenvalue weighted by atomic mass is 32.2. The maximum Gasteiger partial charge on any atom is 0.139 e. The highest BCUT2D eigenvalue weighted by Gasteiger charge is 2.22. The molecule has 1 aliphatic rings. The predicted molar refractivity (Wildman–Crippen MR) is 87.8 cm³/mol. The molecule has 3 heterocycles. The van der Waals surface area contributed by atoms with Crippen LogP contribution in [0.2, 0.25) is 0 Å². The molecule has 1 aliphatic heterocycles. The van der Waals surface area contributed by atoms with E-state index < -0.39 is 6.10 Å². The Labute approximate surface area is 135 Å². The monoisotopic (exact) mass is 321 g/mol. The first-order chi connectivity index (χ1) is 10.7. The maximum absolute atomic E-state index is 10.5. The molecule has 0 fully saturated rings. The number of hydrogen-bond donors (Lipinski definition) is 1. The van der Waals surface area contributed by atoms with Gasteiger partial charge in [0.15, 0.2) is 0 Å². The van der Waals surface area contributed by atoms with Crippen molar-refractivity contribution in [2.24, 2.45) is 7.05 Å². The average Bonchev–Trinajstić information content (AvgIpc) is 3.12. The molecule has 3 rings (SSSR count). The van der Waals surface area contributed by atoms with Gasteiger partial charge in [0.05, 0.1) is 23.6 Å². The van der Waals surface area contributed by atoms with Gasteiger partial charge in [-0.3, -0.25) is 14.3 Å². The van der Waals surface area contributed by atoms with Crippen molar-refractivity contribution in [3.8, 4) is 0 Å². The molecule has 2 aromatic heterocycles. The van der Waals surface area contributed by atoms with Gasteiger partial charge in [0.2, 0.25) is 0 Å². The van der Waals surface area contributed by atoms with Gasteiger partial charge in [-0.25, -0.2) is 0 Å². The summed E-state index contributed by atoms with van der Waals surface area (Å²) in [6, 6.07) is 3.86. The number of hydrogen-bond acceptors (Lipinski definition) is 5. The molecule has 6 nitrogen and oxygen atoms in total. The Morgan fingerprint density at radius 3 is 3.00 bits per heavy atom. The number of aromatic nitrogens is 4. The molecule has 1 unspecified atom stereocenters. The molecule has 0 amide bonds. The van der Waals surface area contributed by atoms with Gasteiger partial charge >= 0.3 is 0 Å². The average molecular weight is 321 g/mol. The van der Waals surface area contributed by atoms with E-state index in [4.69, 9.17) is 0 Å². The molecule has 22 heavy (non-hydrogen) atoms. The van der Waals surface area contributed by atoms with E-state index in [1.54, 1.807) is 10.9 Å². The third kappa shape index (κ3) is 3.21. The number of thioether (sulfide) groups is 1. The minimum atomic E-state index is -0.712. The molecule has 2 aromatic rings. The third-order valence-electron chi connectivity index (χ3n) is 4.14. The second-order valence-electron chi connectivity index (χ2n) is 5.69. The minimum Gasteiger partial charge on any atom is -0.380 e. The molecule has 0 radical (unpaired) electrons. The summed E-state index contributed by atoms with van der Waals surface area (Å²) in [7, 11) is 1.84. The number of rotatable bonds is 6. The van der Waals surface area contributed by atoms with Crippen molar-refractivity contribution in [3.63, 3.8) is 0 Å². The molecular weight excluding hydrogens is 298 g/mol. The van der Waals surface area contributed by atoms with Crippen LogP contribution in [0.1, 0.15) is 29.6 Å². The van der Waals surface area contributed by atoms with Gasteiger partial charge in [0.25, 0.3) is 0 Å². The van der Waals surface area contributed by atoms with Gasteiger partial charge in [0, 0.05) is 26.3 Å². The lowest BCUT2D eigenvalue weighted by atomic mass is 10.1. The number of aryl methyl sites for hydroxylation is 1. The summed E-state index contributed by atoms with van der Waals surface area (Å²) in [5, 5.41) is 19.2. The fraction of sp³-hybridized carbons (Fsp3) is 0.600. The summed E-state index contributed by atoms with van der Waals surface area (Å²) in [4.78, 5) is 2.47. The lowest BCUT2D eigenvalue weighted by Crippen LogP contribution is -2.34. The molecule has 1 atom stereocenters. The molecule has 0 saturated heterocycles. The zero-order valence-electron chi connectivity index (χ0n) is 13.1. The number of nitrogens with zero attached hydrogens (tertiary/aromatic N) is 5. The van der Waals surface area contributed by atoms with Crippen molar-refractivity contribution in [1.29, 1.82) is 0 Å². The Hall–Kier alpha value is -1.31. The quantitative estimate of drug-likeness (QED) is 0.812. The number of fused-ring (bicyclic) bond motifs is 1. The van der Waals surface area contributed by atoms with Gasteiger partial charge in [-0.2, -0.15) is 22.0 Å². The molecule has 0 aliphatic carbocycles. The van der Waals surface area contributed by atoms with Crippen LogP contribution in [0.4, 0.5) is 0 Å². The highest BCUT2D eigenvalue weighted by molar-refractivity contribution is 7.98. The second-order valence-corrected chi connectivity index (χ2v) is 6.67. The Bertz CT molecular complexity index is 623. The van der Waals surface area contributed by atoms with Crippen molar-refractivity contribution in [2.45, 2.75) is 25.6 Å². The first-order valence-corrected chi connectivity index (χ1v) is 9.02. The summed E-state index contributed by atoms with van der Waals surface area (Å²) in [6.45, 7) is 3.97. The summed E-state index contributed by atoms with van der Waals surface area (Å²) in [5.74, 6) is 1.21. The van der Waals surface area contributed by atoms with E-state index in [1.807, 2.05) is 35.6 Å². The van der Waals surface area contributed by atoms with Gasteiger partial charge in [0.1, 0.15) is 6.10 Å². The van der Waals surface area contributed by atoms with Crippen LogP contribution in [0.15, 0.2) is 18.3 Å².